The first-order valence-electron chi connectivity index (χ1n) is 13.3. The van der Waals surface area contributed by atoms with Crippen LogP contribution < -0.4 is 0 Å². The van der Waals surface area contributed by atoms with Crippen LogP contribution in [0.5, 0.6) is 0 Å². The van der Waals surface area contributed by atoms with Crippen LogP contribution in [0.1, 0.15) is 0 Å². The first kappa shape index (κ1) is 22.5. The van der Waals surface area contributed by atoms with Crippen molar-refractivity contribution >= 4 is 33.0 Å². The van der Waals surface area contributed by atoms with Gasteiger partial charge in [-0.05, 0) is 35.9 Å². The van der Waals surface area contributed by atoms with Crippen molar-refractivity contribution in [3.63, 3.8) is 0 Å². The van der Waals surface area contributed by atoms with Crippen molar-refractivity contribution in [2.24, 2.45) is 0 Å². The molecule has 0 saturated carbocycles. The van der Waals surface area contributed by atoms with Crippen LogP contribution in [-0.2, 0) is 0 Å². The van der Waals surface area contributed by atoms with Crippen LogP contribution in [0.2, 0.25) is 0 Å². The van der Waals surface area contributed by atoms with E-state index >= 15 is 0 Å². The molecule has 0 amide bonds. The molecule has 0 spiro atoms. The average Bonchev–Trinajstić information content (AvgIpc) is 3.65. The summed E-state index contributed by atoms with van der Waals surface area (Å²) in [4.78, 5) is 9.76. The molecule has 0 N–H and O–H groups in total. The molecule has 0 bridgehead atoms. The van der Waals surface area contributed by atoms with Gasteiger partial charge < -0.3 is 8.83 Å². The van der Waals surface area contributed by atoms with Crippen LogP contribution in [0, 0.1) is 0 Å². The minimum atomic E-state index is 0.606. The van der Waals surface area contributed by atoms with Crippen molar-refractivity contribution in [3.8, 4) is 45.2 Å². The van der Waals surface area contributed by atoms with Gasteiger partial charge in [0.2, 0.25) is 5.89 Å². The summed E-state index contributed by atoms with van der Waals surface area (Å²) in [6, 6.07) is 45.0. The molecular formula is C36H22N2O2. The Morgan fingerprint density at radius 1 is 0.450 bits per heavy atom. The molecule has 4 nitrogen and oxygen atoms in total. The SMILES string of the molecule is c1ccc(-c2oc3c(-c4ccccc4)nc4ccccc4c3c2-c2ccc(-c3nc4ccccc4o3)cc2)cc1. The predicted octanol–water partition coefficient (Wildman–Crippen LogP) is 9.79. The number of pyridine rings is 1. The van der Waals surface area contributed by atoms with E-state index in [1.54, 1.807) is 0 Å². The maximum atomic E-state index is 6.79. The third-order valence-corrected chi connectivity index (χ3v) is 7.33. The molecule has 3 heterocycles. The molecule has 8 rings (SSSR count). The summed E-state index contributed by atoms with van der Waals surface area (Å²) in [5, 5.41) is 2.11. The van der Waals surface area contributed by atoms with E-state index in [2.05, 4.69) is 71.7 Å². The maximum absolute atomic E-state index is 6.79. The standard InChI is InChI=1S/C36H22N2O2/c1-3-11-24(12-4-1)33-35-32(27-15-7-8-16-28(27)37-33)31(34(40-35)25-13-5-2-6-14-25)23-19-21-26(22-20-23)36-38-29-17-9-10-18-30(29)39-36/h1-22H. The number of nitrogens with zero attached hydrogens (tertiary/aromatic N) is 2. The Hall–Kier alpha value is -5.48. The van der Waals surface area contributed by atoms with Crippen molar-refractivity contribution in [2.75, 3.05) is 0 Å². The van der Waals surface area contributed by atoms with Gasteiger partial charge in [-0.2, -0.15) is 0 Å². The van der Waals surface area contributed by atoms with Gasteiger partial charge in [-0.25, -0.2) is 9.97 Å². The Balaban J connectivity index is 1.40. The fraction of sp³-hybridized carbons (Fsp3) is 0. The van der Waals surface area contributed by atoms with Gasteiger partial charge >= 0.3 is 0 Å². The number of rotatable bonds is 4. The average molecular weight is 515 g/mol. The summed E-state index contributed by atoms with van der Waals surface area (Å²) in [6.45, 7) is 0. The zero-order chi connectivity index (χ0) is 26.5. The molecule has 0 saturated heterocycles. The first-order valence-corrected chi connectivity index (χ1v) is 13.3. The van der Waals surface area contributed by atoms with Gasteiger partial charge in [0, 0.05) is 33.0 Å². The summed E-state index contributed by atoms with van der Waals surface area (Å²) >= 11 is 0. The summed E-state index contributed by atoms with van der Waals surface area (Å²) in [5.41, 5.74) is 9.22. The second kappa shape index (κ2) is 9.07. The second-order valence-corrected chi connectivity index (χ2v) is 9.78. The number of oxazole rings is 1. The zero-order valence-electron chi connectivity index (χ0n) is 21.4. The fourth-order valence-electron chi connectivity index (χ4n) is 5.44. The number of para-hydroxylation sites is 3. The van der Waals surface area contributed by atoms with E-state index in [0.717, 1.165) is 72.2 Å². The monoisotopic (exact) mass is 514 g/mol. The third-order valence-electron chi connectivity index (χ3n) is 7.33. The lowest BCUT2D eigenvalue weighted by Gasteiger charge is -2.08. The van der Waals surface area contributed by atoms with E-state index < -0.39 is 0 Å². The second-order valence-electron chi connectivity index (χ2n) is 9.78. The molecule has 0 atom stereocenters. The van der Waals surface area contributed by atoms with Gasteiger partial charge in [-0.15, -0.1) is 0 Å². The quantitative estimate of drug-likeness (QED) is 0.234. The first-order chi connectivity index (χ1) is 19.8. The number of hydrogen-bond acceptors (Lipinski definition) is 4. The number of hydrogen-bond donors (Lipinski definition) is 0. The van der Waals surface area contributed by atoms with E-state index in [0.29, 0.717) is 5.89 Å². The molecule has 0 aliphatic rings. The van der Waals surface area contributed by atoms with Crippen LogP contribution in [0.4, 0.5) is 0 Å². The lowest BCUT2D eigenvalue weighted by atomic mass is 9.95. The number of fused-ring (bicyclic) bond motifs is 4. The fourth-order valence-corrected chi connectivity index (χ4v) is 5.44. The summed E-state index contributed by atoms with van der Waals surface area (Å²) in [7, 11) is 0. The highest BCUT2D eigenvalue weighted by molar-refractivity contribution is 6.18. The van der Waals surface area contributed by atoms with E-state index in [4.69, 9.17) is 13.8 Å². The Bertz CT molecular complexity index is 2110. The largest absolute Gasteiger partial charge is 0.453 e. The molecule has 3 aromatic heterocycles. The molecule has 5 aromatic carbocycles. The maximum Gasteiger partial charge on any atom is 0.227 e. The Morgan fingerprint density at radius 3 is 1.82 bits per heavy atom. The summed E-state index contributed by atoms with van der Waals surface area (Å²) < 4.78 is 12.8. The Kier molecular flexibility index (Phi) is 5.10. The predicted molar refractivity (Wildman–Crippen MR) is 161 cm³/mol. The molecule has 0 unspecified atom stereocenters. The molecule has 0 radical (unpaired) electrons. The third kappa shape index (κ3) is 3.62. The van der Waals surface area contributed by atoms with Gasteiger partial charge in [0.25, 0.3) is 0 Å². The highest BCUT2D eigenvalue weighted by atomic mass is 16.3. The molecule has 8 aromatic rings. The normalized spacial score (nSPS) is 11.5. The minimum Gasteiger partial charge on any atom is -0.453 e. The van der Waals surface area contributed by atoms with Crippen LogP contribution >= 0.6 is 0 Å². The van der Waals surface area contributed by atoms with Gasteiger partial charge in [-0.1, -0.05) is 103 Å². The van der Waals surface area contributed by atoms with E-state index in [9.17, 15) is 0 Å². The van der Waals surface area contributed by atoms with Crippen molar-refractivity contribution < 1.29 is 8.83 Å². The van der Waals surface area contributed by atoms with Crippen molar-refractivity contribution in [1.82, 2.24) is 9.97 Å². The summed E-state index contributed by atoms with van der Waals surface area (Å²) in [6.07, 6.45) is 0. The van der Waals surface area contributed by atoms with Crippen LogP contribution in [0.3, 0.4) is 0 Å². The van der Waals surface area contributed by atoms with Gasteiger partial charge in [0.05, 0.1) is 5.52 Å². The molecule has 4 heteroatoms. The van der Waals surface area contributed by atoms with Crippen molar-refractivity contribution in [2.45, 2.75) is 0 Å². The number of benzene rings is 5. The number of aromatic nitrogens is 2. The van der Waals surface area contributed by atoms with E-state index in [-0.39, 0.29) is 0 Å². The molecule has 40 heavy (non-hydrogen) atoms. The number of furan rings is 1. The lowest BCUT2D eigenvalue weighted by Crippen LogP contribution is -1.88. The molecule has 0 aliphatic heterocycles. The van der Waals surface area contributed by atoms with Crippen molar-refractivity contribution in [1.29, 1.82) is 0 Å². The lowest BCUT2D eigenvalue weighted by molar-refractivity contribution is 0.620. The van der Waals surface area contributed by atoms with E-state index in [1.807, 2.05) is 66.7 Å². The van der Waals surface area contributed by atoms with Gasteiger partial charge in [0.1, 0.15) is 17.0 Å². The van der Waals surface area contributed by atoms with Crippen LogP contribution in [0.25, 0.3) is 78.1 Å². The van der Waals surface area contributed by atoms with Crippen LogP contribution in [0.15, 0.2) is 142 Å². The van der Waals surface area contributed by atoms with Gasteiger partial charge in [-0.3, -0.25) is 0 Å². The van der Waals surface area contributed by atoms with E-state index in [1.165, 1.54) is 0 Å². The molecule has 0 fully saturated rings. The smallest absolute Gasteiger partial charge is 0.227 e. The highest BCUT2D eigenvalue weighted by Crippen LogP contribution is 2.46. The molecular weight excluding hydrogens is 492 g/mol. The Labute approximate surface area is 230 Å². The highest BCUT2D eigenvalue weighted by Gasteiger charge is 2.24. The topological polar surface area (TPSA) is 52.1 Å². The minimum absolute atomic E-state index is 0.606. The van der Waals surface area contributed by atoms with Crippen molar-refractivity contribution in [3.05, 3.63) is 133 Å². The Morgan fingerprint density at radius 2 is 1.07 bits per heavy atom. The zero-order valence-corrected chi connectivity index (χ0v) is 21.4. The van der Waals surface area contributed by atoms with Crippen LogP contribution in [-0.4, -0.2) is 9.97 Å². The summed E-state index contributed by atoms with van der Waals surface area (Å²) in [5.74, 6) is 1.43. The molecule has 188 valence electrons. The van der Waals surface area contributed by atoms with Gasteiger partial charge in [0.15, 0.2) is 11.2 Å². The molecule has 0 aliphatic carbocycles.